The molecule has 0 spiro atoms. The Labute approximate surface area is 230 Å². The Morgan fingerprint density at radius 2 is 1.08 bits per heavy atom. The van der Waals surface area contributed by atoms with Crippen molar-refractivity contribution in [3.8, 4) is 0 Å². The van der Waals surface area contributed by atoms with E-state index in [0.717, 1.165) is 51.4 Å². The smallest absolute Gasteiger partial charge is 0.259 e. The Morgan fingerprint density at radius 1 is 0.676 bits per heavy atom. The quantitative estimate of drug-likeness (QED) is 0.0991. The van der Waals surface area contributed by atoms with Gasteiger partial charge in [0, 0.05) is 0 Å². The standard InChI is InChI=1S/C31H62N3O2P/c1-7-11-15-19-23-27-31(6,26-22-18-14-10-4)37(35,29-28-32-34-33-29)36-30(5,24-20-16-12-8-2)25-21-17-13-9-3/h28H,7-27H2,1-6H3,(H,32,33,34). The van der Waals surface area contributed by atoms with Crippen LogP contribution in [0.4, 0.5) is 0 Å². The van der Waals surface area contributed by atoms with Crippen LogP contribution < -0.4 is 5.44 Å². The summed E-state index contributed by atoms with van der Waals surface area (Å²) in [5.41, 5.74) is 0.149. The number of nitrogens with one attached hydrogen (secondary N) is 1. The van der Waals surface area contributed by atoms with E-state index in [-0.39, 0.29) is 0 Å². The van der Waals surface area contributed by atoms with E-state index >= 15 is 4.57 Å². The molecule has 0 radical (unpaired) electrons. The zero-order valence-electron chi connectivity index (χ0n) is 25.6. The lowest BCUT2D eigenvalue weighted by molar-refractivity contribution is 0.0634. The minimum Gasteiger partial charge on any atom is -0.317 e. The maximum absolute atomic E-state index is 15.3. The Balaban J connectivity index is 3.27. The molecule has 0 saturated heterocycles. The molecule has 2 atom stereocenters. The molecule has 0 aliphatic rings. The van der Waals surface area contributed by atoms with Crippen molar-refractivity contribution in [2.24, 2.45) is 0 Å². The first kappa shape index (κ1) is 34.4. The highest BCUT2D eigenvalue weighted by molar-refractivity contribution is 7.68. The highest BCUT2D eigenvalue weighted by Crippen LogP contribution is 2.64. The molecule has 0 aliphatic carbocycles. The van der Waals surface area contributed by atoms with Crippen LogP contribution in [-0.2, 0) is 9.09 Å². The number of hydrogen-bond acceptors (Lipinski definition) is 4. The van der Waals surface area contributed by atoms with Gasteiger partial charge in [-0.3, -0.25) is 4.57 Å². The predicted octanol–water partition coefficient (Wildman–Crippen LogP) is 10.5. The third kappa shape index (κ3) is 12.4. The number of rotatable bonds is 25. The molecule has 1 heterocycles. The van der Waals surface area contributed by atoms with Crippen molar-refractivity contribution in [3.05, 3.63) is 6.20 Å². The van der Waals surface area contributed by atoms with Gasteiger partial charge in [0.15, 0.2) is 5.44 Å². The lowest BCUT2D eigenvalue weighted by Crippen LogP contribution is -2.38. The van der Waals surface area contributed by atoms with Crippen LogP contribution in [0.1, 0.15) is 176 Å². The summed E-state index contributed by atoms with van der Waals surface area (Å²) >= 11 is 0. The summed E-state index contributed by atoms with van der Waals surface area (Å²) in [7, 11) is -3.29. The third-order valence-corrected chi connectivity index (χ3v) is 11.7. The highest BCUT2D eigenvalue weighted by atomic mass is 31.2. The summed E-state index contributed by atoms with van der Waals surface area (Å²) in [6, 6.07) is 0. The van der Waals surface area contributed by atoms with Crippen molar-refractivity contribution in [2.75, 3.05) is 0 Å². The lowest BCUT2D eigenvalue weighted by Gasteiger charge is -2.42. The molecule has 0 aliphatic heterocycles. The van der Waals surface area contributed by atoms with Gasteiger partial charge < -0.3 is 4.52 Å². The average Bonchev–Trinajstić information content (AvgIpc) is 3.43. The molecule has 218 valence electrons. The van der Waals surface area contributed by atoms with E-state index in [0.29, 0.717) is 5.44 Å². The first-order valence-corrected chi connectivity index (χ1v) is 17.6. The zero-order valence-corrected chi connectivity index (χ0v) is 26.5. The van der Waals surface area contributed by atoms with Crippen molar-refractivity contribution >= 4 is 12.8 Å². The summed E-state index contributed by atoms with van der Waals surface area (Å²) in [6.45, 7) is 13.5. The third-order valence-electron chi connectivity index (χ3n) is 8.27. The van der Waals surface area contributed by atoms with E-state index in [2.05, 4.69) is 57.0 Å². The van der Waals surface area contributed by atoms with Gasteiger partial charge in [-0.25, -0.2) is 0 Å². The van der Waals surface area contributed by atoms with E-state index in [1.165, 1.54) is 83.5 Å². The van der Waals surface area contributed by atoms with Crippen molar-refractivity contribution < 1.29 is 9.09 Å². The first-order chi connectivity index (χ1) is 17.8. The van der Waals surface area contributed by atoms with E-state index in [9.17, 15) is 0 Å². The Bertz CT molecular complexity index is 697. The van der Waals surface area contributed by atoms with Crippen LogP contribution >= 0.6 is 7.37 Å². The van der Waals surface area contributed by atoms with Crippen molar-refractivity contribution in [1.29, 1.82) is 0 Å². The second-order valence-electron chi connectivity index (χ2n) is 12.0. The molecule has 5 nitrogen and oxygen atoms in total. The Morgan fingerprint density at radius 3 is 1.49 bits per heavy atom. The minimum atomic E-state index is -3.29. The van der Waals surface area contributed by atoms with Crippen LogP contribution in [0, 0.1) is 0 Å². The first-order valence-electron chi connectivity index (χ1n) is 16.0. The van der Waals surface area contributed by atoms with Gasteiger partial charge in [0.05, 0.1) is 17.0 Å². The number of hydrogen-bond donors (Lipinski definition) is 1. The summed E-state index contributed by atoms with van der Waals surface area (Å²) in [5.74, 6) is 0. The Kier molecular flexibility index (Phi) is 18.0. The van der Waals surface area contributed by atoms with Gasteiger partial charge in [0.1, 0.15) is 0 Å². The van der Waals surface area contributed by atoms with Gasteiger partial charge in [0.2, 0.25) is 0 Å². The summed E-state index contributed by atoms with van der Waals surface area (Å²) in [6.07, 6.45) is 25.8. The zero-order chi connectivity index (χ0) is 27.5. The molecule has 1 aromatic heterocycles. The van der Waals surface area contributed by atoms with Gasteiger partial charge in [0.25, 0.3) is 7.37 Å². The maximum atomic E-state index is 15.3. The largest absolute Gasteiger partial charge is 0.317 e. The van der Waals surface area contributed by atoms with E-state index < -0.39 is 18.1 Å². The molecule has 0 saturated carbocycles. The van der Waals surface area contributed by atoms with Gasteiger partial charge in [-0.2, -0.15) is 15.4 Å². The molecule has 1 rings (SSSR count). The molecule has 0 aromatic carbocycles. The summed E-state index contributed by atoms with van der Waals surface area (Å²) in [4.78, 5) is 0. The molecule has 2 unspecified atom stereocenters. The van der Waals surface area contributed by atoms with Crippen LogP contribution in [0.5, 0.6) is 0 Å². The van der Waals surface area contributed by atoms with E-state index in [4.69, 9.17) is 4.52 Å². The Hall–Kier alpha value is -0.670. The molecule has 37 heavy (non-hydrogen) atoms. The molecule has 0 bridgehead atoms. The molecule has 6 heteroatoms. The van der Waals surface area contributed by atoms with Crippen molar-refractivity contribution in [3.63, 3.8) is 0 Å². The van der Waals surface area contributed by atoms with Crippen molar-refractivity contribution in [1.82, 2.24) is 15.4 Å². The fourth-order valence-electron chi connectivity index (χ4n) is 5.61. The number of aromatic nitrogens is 3. The molecular weight excluding hydrogens is 477 g/mol. The lowest BCUT2D eigenvalue weighted by atomic mass is 9.92. The number of nitrogens with zero attached hydrogens (tertiary/aromatic N) is 2. The van der Waals surface area contributed by atoms with Crippen LogP contribution in [0.15, 0.2) is 6.20 Å². The van der Waals surface area contributed by atoms with Crippen LogP contribution in [0.2, 0.25) is 0 Å². The van der Waals surface area contributed by atoms with Gasteiger partial charge >= 0.3 is 0 Å². The molecular formula is C31H62N3O2P. The number of H-pyrrole nitrogens is 1. The van der Waals surface area contributed by atoms with Crippen LogP contribution in [0.3, 0.4) is 0 Å². The van der Waals surface area contributed by atoms with E-state index in [1.54, 1.807) is 6.20 Å². The minimum absolute atomic E-state index is 0.400. The second kappa shape index (κ2) is 19.4. The highest BCUT2D eigenvalue weighted by Gasteiger charge is 2.51. The summed E-state index contributed by atoms with van der Waals surface area (Å²) < 4.78 is 22.4. The van der Waals surface area contributed by atoms with Gasteiger partial charge in [-0.1, -0.05) is 144 Å². The summed E-state index contributed by atoms with van der Waals surface area (Å²) in [5, 5.41) is 10.9. The fourth-order valence-corrected chi connectivity index (χ4v) is 8.57. The molecule has 1 N–H and O–H groups in total. The molecule has 0 amide bonds. The van der Waals surface area contributed by atoms with Crippen molar-refractivity contribution in [2.45, 2.75) is 187 Å². The van der Waals surface area contributed by atoms with Crippen LogP contribution in [-0.4, -0.2) is 26.2 Å². The molecule has 0 fully saturated rings. The molecule has 1 aromatic rings. The second-order valence-corrected chi connectivity index (χ2v) is 14.8. The monoisotopic (exact) mass is 539 g/mol. The number of unbranched alkanes of at least 4 members (excludes halogenated alkanes) is 13. The fraction of sp³-hybridized carbons (Fsp3) is 0.935. The average molecular weight is 540 g/mol. The topological polar surface area (TPSA) is 67.9 Å². The predicted molar refractivity (Wildman–Crippen MR) is 161 cm³/mol. The van der Waals surface area contributed by atoms with Gasteiger partial charge in [-0.15, -0.1) is 0 Å². The number of aromatic amines is 1. The maximum Gasteiger partial charge on any atom is 0.259 e. The van der Waals surface area contributed by atoms with Gasteiger partial charge in [-0.05, 0) is 32.6 Å². The normalized spacial score (nSPS) is 15.5. The SMILES string of the molecule is CCCCCCCC(C)(CCCCCC)P(=O)(OC(C)(CCCCCC)CCCCCC)c1cn[nH]n1. The van der Waals surface area contributed by atoms with Crippen LogP contribution in [0.25, 0.3) is 0 Å². The van der Waals surface area contributed by atoms with E-state index in [1.807, 2.05) is 0 Å².